The second kappa shape index (κ2) is 7.21. The number of hydrogen-bond donors (Lipinski definition) is 1. The van der Waals surface area contributed by atoms with E-state index in [0.717, 1.165) is 5.56 Å². The maximum atomic E-state index is 13.5. The molecule has 0 saturated heterocycles. The van der Waals surface area contributed by atoms with Gasteiger partial charge in [-0.25, -0.2) is 9.37 Å². The van der Waals surface area contributed by atoms with Crippen LogP contribution in [-0.4, -0.2) is 9.97 Å². The first-order valence-corrected chi connectivity index (χ1v) is 8.64. The summed E-state index contributed by atoms with van der Waals surface area (Å²) in [6, 6.07) is 18.9. The van der Waals surface area contributed by atoms with E-state index < -0.39 is 5.82 Å². The Morgan fingerprint density at radius 2 is 1.81 bits per heavy atom. The first-order chi connectivity index (χ1) is 13.1. The second-order valence-corrected chi connectivity index (χ2v) is 6.40. The highest BCUT2D eigenvalue weighted by molar-refractivity contribution is 6.30. The summed E-state index contributed by atoms with van der Waals surface area (Å²) in [6.45, 7) is 0.221. The molecule has 4 nitrogen and oxygen atoms in total. The van der Waals surface area contributed by atoms with Crippen molar-refractivity contribution in [2.75, 3.05) is 0 Å². The molecule has 0 amide bonds. The number of aromatic nitrogens is 2. The Hall–Kier alpha value is -3.18. The van der Waals surface area contributed by atoms with Crippen LogP contribution in [0.3, 0.4) is 0 Å². The Bertz CT molecular complexity index is 1170. The number of halogens is 2. The highest BCUT2D eigenvalue weighted by atomic mass is 35.5. The molecule has 4 rings (SSSR count). The van der Waals surface area contributed by atoms with Crippen LogP contribution in [0.5, 0.6) is 5.75 Å². The lowest BCUT2D eigenvalue weighted by Gasteiger charge is -2.08. The molecular weight excluding hydrogens is 367 g/mol. The van der Waals surface area contributed by atoms with Crippen molar-refractivity contribution in [3.8, 4) is 17.1 Å². The van der Waals surface area contributed by atoms with Gasteiger partial charge < -0.3 is 9.72 Å². The molecule has 0 atom stereocenters. The quantitative estimate of drug-likeness (QED) is 0.544. The SMILES string of the molecule is O=c1[nH]c(-c2ccc(OCc3ccc(Cl)c(F)c3)cc2)nc2ccccc12. The fourth-order valence-corrected chi connectivity index (χ4v) is 2.85. The lowest BCUT2D eigenvalue weighted by atomic mass is 10.2. The predicted molar refractivity (Wildman–Crippen MR) is 104 cm³/mol. The van der Waals surface area contributed by atoms with Gasteiger partial charge in [0.25, 0.3) is 5.56 Å². The van der Waals surface area contributed by atoms with Gasteiger partial charge in [0.15, 0.2) is 0 Å². The summed E-state index contributed by atoms with van der Waals surface area (Å²) in [5, 5.41) is 0.636. The zero-order chi connectivity index (χ0) is 18.8. The van der Waals surface area contributed by atoms with E-state index in [9.17, 15) is 9.18 Å². The fraction of sp³-hybridized carbons (Fsp3) is 0.0476. The minimum atomic E-state index is -0.473. The Morgan fingerprint density at radius 3 is 2.59 bits per heavy atom. The van der Waals surface area contributed by atoms with Gasteiger partial charge in [-0.2, -0.15) is 0 Å². The Balaban J connectivity index is 1.53. The van der Waals surface area contributed by atoms with Crippen molar-refractivity contribution in [3.05, 3.63) is 93.5 Å². The summed E-state index contributed by atoms with van der Waals surface area (Å²) in [6.07, 6.45) is 0. The van der Waals surface area contributed by atoms with Gasteiger partial charge in [-0.05, 0) is 54.1 Å². The summed E-state index contributed by atoms with van der Waals surface area (Å²) in [5.41, 5.74) is 1.91. The lowest BCUT2D eigenvalue weighted by Crippen LogP contribution is -2.09. The van der Waals surface area contributed by atoms with E-state index in [-0.39, 0.29) is 17.2 Å². The molecule has 0 radical (unpaired) electrons. The number of nitrogens with one attached hydrogen (secondary N) is 1. The molecule has 0 bridgehead atoms. The molecule has 0 saturated carbocycles. The molecule has 1 aromatic heterocycles. The standard InChI is InChI=1S/C21H14ClFN2O2/c22-17-10-5-13(11-18(17)23)12-27-15-8-6-14(7-9-15)20-24-19-4-2-1-3-16(19)21(26)25-20/h1-11H,12H2,(H,24,25,26). The van der Waals surface area contributed by atoms with Crippen LogP contribution in [0.25, 0.3) is 22.3 Å². The van der Waals surface area contributed by atoms with E-state index in [4.69, 9.17) is 16.3 Å². The molecule has 134 valence electrons. The number of fused-ring (bicyclic) bond motifs is 1. The van der Waals surface area contributed by atoms with Crippen molar-refractivity contribution >= 4 is 22.5 Å². The van der Waals surface area contributed by atoms with Gasteiger partial charge in [0.1, 0.15) is 24.0 Å². The molecule has 0 aliphatic rings. The number of rotatable bonds is 4. The summed E-state index contributed by atoms with van der Waals surface area (Å²) in [5.74, 6) is 0.640. The average Bonchev–Trinajstić information content (AvgIpc) is 2.69. The van der Waals surface area contributed by atoms with Crippen molar-refractivity contribution in [3.63, 3.8) is 0 Å². The molecule has 1 heterocycles. The molecule has 6 heteroatoms. The molecule has 3 aromatic carbocycles. The van der Waals surface area contributed by atoms with Crippen LogP contribution in [-0.2, 0) is 6.61 Å². The van der Waals surface area contributed by atoms with Crippen LogP contribution in [0, 0.1) is 5.82 Å². The molecule has 0 aliphatic heterocycles. The summed E-state index contributed by atoms with van der Waals surface area (Å²) < 4.78 is 19.1. The van der Waals surface area contributed by atoms with Crippen LogP contribution in [0.2, 0.25) is 5.02 Å². The fourth-order valence-electron chi connectivity index (χ4n) is 2.73. The number of benzene rings is 3. The number of para-hydroxylation sites is 1. The van der Waals surface area contributed by atoms with Crippen LogP contribution in [0.15, 0.2) is 71.5 Å². The lowest BCUT2D eigenvalue weighted by molar-refractivity contribution is 0.305. The van der Waals surface area contributed by atoms with Crippen molar-refractivity contribution < 1.29 is 9.13 Å². The second-order valence-electron chi connectivity index (χ2n) is 5.99. The molecule has 27 heavy (non-hydrogen) atoms. The largest absolute Gasteiger partial charge is 0.489 e. The Labute approximate surface area is 159 Å². The maximum absolute atomic E-state index is 13.5. The Morgan fingerprint density at radius 1 is 1.04 bits per heavy atom. The third-order valence-corrected chi connectivity index (χ3v) is 4.44. The molecule has 0 fully saturated rings. The van der Waals surface area contributed by atoms with E-state index in [1.807, 2.05) is 18.2 Å². The number of aromatic amines is 1. The topological polar surface area (TPSA) is 55.0 Å². The van der Waals surface area contributed by atoms with E-state index in [0.29, 0.717) is 28.0 Å². The normalized spacial score (nSPS) is 10.9. The minimum Gasteiger partial charge on any atom is -0.489 e. The number of nitrogens with zero attached hydrogens (tertiary/aromatic N) is 1. The molecule has 4 aromatic rings. The van der Waals surface area contributed by atoms with Crippen LogP contribution < -0.4 is 10.3 Å². The monoisotopic (exact) mass is 380 g/mol. The van der Waals surface area contributed by atoms with Crippen molar-refractivity contribution in [2.24, 2.45) is 0 Å². The third-order valence-electron chi connectivity index (χ3n) is 4.13. The first kappa shape index (κ1) is 17.2. The van der Waals surface area contributed by atoms with E-state index in [1.165, 1.54) is 12.1 Å². The summed E-state index contributed by atoms with van der Waals surface area (Å²) in [7, 11) is 0. The maximum Gasteiger partial charge on any atom is 0.259 e. The minimum absolute atomic E-state index is 0.0833. The van der Waals surface area contributed by atoms with Gasteiger partial charge in [-0.15, -0.1) is 0 Å². The highest BCUT2D eigenvalue weighted by Gasteiger charge is 2.06. The van der Waals surface area contributed by atoms with Crippen LogP contribution in [0.4, 0.5) is 4.39 Å². The third kappa shape index (κ3) is 3.68. The van der Waals surface area contributed by atoms with Gasteiger partial charge in [-0.1, -0.05) is 29.8 Å². The van der Waals surface area contributed by atoms with Gasteiger partial charge in [0, 0.05) is 5.56 Å². The molecular formula is C21H14ClFN2O2. The van der Waals surface area contributed by atoms with Crippen LogP contribution >= 0.6 is 11.6 Å². The molecule has 0 aliphatic carbocycles. The number of ether oxygens (including phenoxy) is 1. The van der Waals surface area contributed by atoms with E-state index in [2.05, 4.69) is 9.97 Å². The molecule has 0 unspecified atom stereocenters. The smallest absolute Gasteiger partial charge is 0.259 e. The van der Waals surface area contributed by atoms with E-state index in [1.54, 1.807) is 36.4 Å². The predicted octanol–water partition coefficient (Wildman–Crippen LogP) is 4.96. The zero-order valence-corrected chi connectivity index (χ0v) is 14.8. The van der Waals surface area contributed by atoms with Crippen molar-refractivity contribution in [2.45, 2.75) is 6.61 Å². The van der Waals surface area contributed by atoms with Gasteiger partial charge in [0.2, 0.25) is 0 Å². The van der Waals surface area contributed by atoms with E-state index >= 15 is 0 Å². The summed E-state index contributed by atoms with van der Waals surface area (Å²) >= 11 is 5.67. The zero-order valence-electron chi connectivity index (χ0n) is 14.1. The summed E-state index contributed by atoms with van der Waals surface area (Å²) in [4.78, 5) is 19.5. The van der Waals surface area contributed by atoms with Gasteiger partial charge in [-0.3, -0.25) is 4.79 Å². The Kier molecular flexibility index (Phi) is 4.60. The average molecular weight is 381 g/mol. The number of hydrogen-bond acceptors (Lipinski definition) is 3. The first-order valence-electron chi connectivity index (χ1n) is 8.26. The van der Waals surface area contributed by atoms with Gasteiger partial charge >= 0.3 is 0 Å². The number of H-pyrrole nitrogens is 1. The molecule has 1 N–H and O–H groups in total. The van der Waals surface area contributed by atoms with Crippen molar-refractivity contribution in [1.82, 2.24) is 9.97 Å². The van der Waals surface area contributed by atoms with Crippen molar-refractivity contribution in [1.29, 1.82) is 0 Å². The molecule has 0 spiro atoms. The highest BCUT2D eigenvalue weighted by Crippen LogP contribution is 2.22. The van der Waals surface area contributed by atoms with Gasteiger partial charge in [0.05, 0.1) is 15.9 Å². The van der Waals surface area contributed by atoms with Crippen LogP contribution in [0.1, 0.15) is 5.56 Å².